The summed E-state index contributed by atoms with van der Waals surface area (Å²) in [5, 5.41) is 0.613. The van der Waals surface area contributed by atoms with Gasteiger partial charge in [0.25, 0.3) is 5.91 Å². The first-order valence-corrected chi connectivity index (χ1v) is 9.81. The van der Waals surface area contributed by atoms with Gasteiger partial charge in [0.1, 0.15) is 22.3 Å². The lowest BCUT2D eigenvalue weighted by Gasteiger charge is -2.20. The van der Waals surface area contributed by atoms with Gasteiger partial charge in [0.05, 0.1) is 30.0 Å². The van der Waals surface area contributed by atoms with Crippen molar-refractivity contribution in [3.05, 3.63) is 80.5 Å². The number of aromatic nitrogens is 1. The fraction of sp³-hybridized carbons (Fsp3) is 0.143. The van der Waals surface area contributed by atoms with Crippen molar-refractivity contribution < 1.29 is 23.2 Å². The topological polar surface area (TPSA) is 103 Å². The molecule has 1 aliphatic heterocycles. The molecular weight excluding hydrogens is 408 g/mol. The molecule has 0 spiro atoms. The van der Waals surface area contributed by atoms with Crippen LogP contribution >= 0.6 is 11.3 Å². The van der Waals surface area contributed by atoms with E-state index in [1.54, 1.807) is 43.3 Å². The number of methoxy groups -OCH3 is 1. The first kappa shape index (κ1) is 18.3. The molecule has 4 heterocycles. The van der Waals surface area contributed by atoms with Gasteiger partial charge in [0.15, 0.2) is 10.6 Å². The molecule has 4 aromatic rings. The van der Waals surface area contributed by atoms with Gasteiger partial charge in [0, 0.05) is 0 Å². The highest BCUT2D eigenvalue weighted by Crippen LogP contribution is 2.43. The van der Waals surface area contributed by atoms with E-state index in [9.17, 15) is 14.4 Å². The van der Waals surface area contributed by atoms with Crippen molar-refractivity contribution in [2.75, 3.05) is 12.0 Å². The summed E-state index contributed by atoms with van der Waals surface area (Å²) in [5.41, 5.74) is 0.611. The van der Waals surface area contributed by atoms with Crippen molar-refractivity contribution in [3.8, 4) is 0 Å². The summed E-state index contributed by atoms with van der Waals surface area (Å²) in [6.45, 7) is 1.65. The van der Waals surface area contributed by atoms with Gasteiger partial charge in [0.2, 0.25) is 5.76 Å². The van der Waals surface area contributed by atoms with E-state index in [0.29, 0.717) is 22.4 Å². The van der Waals surface area contributed by atoms with Crippen molar-refractivity contribution >= 4 is 39.3 Å². The fourth-order valence-electron chi connectivity index (χ4n) is 3.60. The lowest BCUT2D eigenvalue weighted by molar-refractivity contribution is 0.0605. The van der Waals surface area contributed by atoms with Gasteiger partial charge in [-0.25, -0.2) is 9.78 Å². The molecule has 0 saturated carbocycles. The molecule has 0 fully saturated rings. The quantitative estimate of drug-likeness (QED) is 0.464. The Kier molecular flexibility index (Phi) is 4.07. The van der Waals surface area contributed by atoms with E-state index in [-0.39, 0.29) is 26.8 Å². The third-order valence-corrected chi connectivity index (χ3v) is 6.09. The number of anilines is 1. The number of thiazole rings is 1. The number of benzene rings is 1. The van der Waals surface area contributed by atoms with Gasteiger partial charge in [-0.05, 0) is 31.2 Å². The van der Waals surface area contributed by atoms with Gasteiger partial charge in [-0.15, -0.1) is 0 Å². The zero-order valence-corrected chi connectivity index (χ0v) is 16.7. The molecule has 9 heteroatoms. The number of carbonyl (C=O) groups is 2. The Hall–Kier alpha value is -3.72. The summed E-state index contributed by atoms with van der Waals surface area (Å²) in [6.07, 6.45) is 1.46. The van der Waals surface area contributed by atoms with Crippen LogP contribution in [0.5, 0.6) is 0 Å². The number of hydrogen-bond donors (Lipinski definition) is 0. The minimum absolute atomic E-state index is 0.0624. The van der Waals surface area contributed by atoms with E-state index in [2.05, 4.69) is 4.98 Å². The van der Waals surface area contributed by atoms with E-state index >= 15 is 0 Å². The molecule has 0 N–H and O–H groups in total. The summed E-state index contributed by atoms with van der Waals surface area (Å²) < 4.78 is 16.2. The van der Waals surface area contributed by atoms with Crippen LogP contribution in [0.3, 0.4) is 0 Å². The minimum atomic E-state index is -0.862. The van der Waals surface area contributed by atoms with Crippen LogP contribution in [-0.4, -0.2) is 24.0 Å². The number of ether oxygens (including phenoxy) is 1. The maximum absolute atomic E-state index is 13.4. The number of esters is 1. The molecule has 0 bridgehead atoms. The van der Waals surface area contributed by atoms with Crippen LogP contribution in [0.15, 0.2) is 56.3 Å². The maximum atomic E-state index is 13.4. The first-order valence-electron chi connectivity index (χ1n) is 8.99. The molecule has 5 rings (SSSR count). The Morgan fingerprint density at radius 3 is 2.73 bits per heavy atom. The van der Waals surface area contributed by atoms with Crippen LogP contribution in [0.2, 0.25) is 0 Å². The molecule has 1 amide bonds. The second-order valence-corrected chi connectivity index (χ2v) is 7.64. The number of rotatable bonds is 3. The largest absolute Gasteiger partial charge is 0.467 e. The lowest BCUT2D eigenvalue weighted by Crippen LogP contribution is -2.29. The van der Waals surface area contributed by atoms with Gasteiger partial charge in [-0.1, -0.05) is 23.5 Å². The normalized spacial score (nSPS) is 15.6. The molecule has 1 aromatic carbocycles. The molecule has 150 valence electrons. The number of hydrogen-bond acceptors (Lipinski definition) is 8. The molecule has 0 aliphatic carbocycles. The number of aryl methyl sites for hydroxylation is 1. The average molecular weight is 422 g/mol. The monoisotopic (exact) mass is 422 g/mol. The number of carbonyl (C=O) groups excluding carboxylic acids is 2. The van der Waals surface area contributed by atoms with Crippen LogP contribution in [0.25, 0.3) is 11.0 Å². The molecular formula is C21H14N2O6S. The zero-order chi connectivity index (χ0) is 21.0. The smallest absolute Gasteiger partial charge is 0.350 e. The van der Waals surface area contributed by atoms with E-state index in [4.69, 9.17) is 13.6 Å². The maximum Gasteiger partial charge on any atom is 0.350 e. The Labute approximate surface area is 173 Å². The van der Waals surface area contributed by atoms with Crippen LogP contribution in [-0.2, 0) is 4.74 Å². The van der Waals surface area contributed by atoms with Crippen LogP contribution < -0.4 is 10.3 Å². The molecule has 30 heavy (non-hydrogen) atoms. The van der Waals surface area contributed by atoms with Crippen LogP contribution in [0.1, 0.15) is 43.3 Å². The van der Waals surface area contributed by atoms with Crippen molar-refractivity contribution in [2.24, 2.45) is 0 Å². The number of amides is 1. The fourth-order valence-corrected chi connectivity index (χ4v) is 4.61. The molecule has 3 aromatic heterocycles. The van der Waals surface area contributed by atoms with Crippen LogP contribution in [0.4, 0.5) is 5.13 Å². The molecule has 8 nitrogen and oxygen atoms in total. The van der Waals surface area contributed by atoms with Crippen LogP contribution in [0, 0.1) is 6.92 Å². The zero-order valence-electron chi connectivity index (χ0n) is 15.9. The summed E-state index contributed by atoms with van der Waals surface area (Å²) in [6, 6.07) is 9.23. The number of nitrogens with zero attached hydrogens (tertiary/aromatic N) is 2. The molecule has 0 radical (unpaired) electrons. The summed E-state index contributed by atoms with van der Waals surface area (Å²) in [7, 11) is 1.28. The Morgan fingerprint density at radius 2 is 2.00 bits per heavy atom. The van der Waals surface area contributed by atoms with Crippen molar-refractivity contribution in [1.82, 2.24) is 4.98 Å². The number of furan rings is 1. The summed E-state index contributed by atoms with van der Waals surface area (Å²) in [4.78, 5) is 44.7. The van der Waals surface area contributed by atoms with Gasteiger partial charge in [-0.3, -0.25) is 14.5 Å². The second kappa shape index (κ2) is 6.67. The third kappa shape index (κ3) is 2.52. The second-order valence-electron chi connectivity index (χ2n) is 6.67. The van der Waals surface area contributed by atoms with Gasteiger partial charge in [-0.2, -0.15) is 0 Å². The van der Waals surface area contributed by atoms with E-state index in [1.165, 1.54) is 18.3 Å². The van der Waals surface area contributed by atoms with Crippen molar-refractivity contribution in [3.63, 3.8) is 0 Å². The minimum Gasteiger partial charge on any atom is -0.467 e. The third-order valence-electron chi connectivity index (χ3n) is 4.95. The Balaban J connectivity index is 1.77. The van der Waals surface area contributed by atoms with E-state index in [1.807, 2.05) is 0 Å². The number of fused-ring (bicyclic) bond motifs is 2. The lowest BCUT2D eigenvalue weighted by atomic mass is 10.0. The first-order chi connectivity index (χ1) is 14.5. The van der Waals surface area contributed by atoms with Crippen molar-refractivity contribution in [2.45, 2.75) is 13.0 Å². The SMILES string of the molecule is COC(=O)c1sc(N2C(=O)c3oc4ccccc4c(=O)c3C2c2ccco2)nc1C. The van der Waals surface area contributed by atoms with E-state index < -0.39 is 17.9 Å². The molecule has 1 unspecified atom stereocenters. The summed E-state index contributed by atoms with van der Waals surface area (Å²) in [5.74, 6) is -0.751. The Bertz CT molecular complexity index is 1370. The summed E-state index contributed by atoms with van der Waals surface area (Å²) >= 11 is 1.01. The molecule has 1 aliphatic rings. The van der Waals surface area contributed by atoms with Gasteiger partial charge < -0.3 is 13.6 Å². The van der Waals surface area contributed by atoms with Crippen molar-refractivity contribution in [1.29, 1.82) is 0 Å². The standard InChI is InChI=1S/C21H14N2O6S/c1-10-18(20(26)27-2)30-21(22-10)23-15(13-8-5-9-28-13)14-16(24)11-6-3-4-7-12(11)29-17(14)19(23)25/h3-9,15H,1-2H3. The predicted octanol–water partition coefficient (Wildman–Crippen LogP) is 3.69. The highest BCUT2D eigenvalue weighted by Gasteiger charge is 2.46. The molecule has 0 saturated heterocycles. The highest BCUT2D eigenvalue weighted by atomic mass is 32.1. The highest BCUT2D eigenvalue weighted by molar-refractivity contribution is 7.17. The Morgan fingerprint density at radius 1 is 1.20 bits per heavy atom. The van der Waals surface area contributed by atoms with Gasteiger partial charge >= 0.3 is 5.97 Å². The number of para-hydroxylation sites is 1. The predicted molar refractivity (Wildman–Crippen MR) is 108 cm³/mol. The van der Waals surface area contributed by atoms with E-state index in [0.717, 1.165) is 11.3 Å². The molecule has 1 atom stereocenters. The average Bonchev–Trinajstić information content (AvgIpc) is 3.46.